The first-order valence-corrected chi connectivity index (χ1v) is 5.51. The molecule has 0 spiro atoms. The van der Waals surface area contributed by atoms with Crippen LogP contribution in [0.25, 0.3) is 0 Å². The number of benzene rings is 1. The van der Waals surface area contributed by atoms with Gasteiger partial charge in [-0.2, -0.15) is 0 Å². The van der Waals surface area contributed by atoms with E-state index in [1.807, 2.05) is 0 Å². The molecule has 0 aromatic heterocycles. The molecule has 7 heteroatoms. The van der Waals surface area contributed by atoms with Gasteiger partial charge < -0.3 is 14.7 Å². The van der Waals surface area contributed by atoms with Gasteiger partial charge in [0.2, 0.25) is 0 Å². The Morgan fingerprint density at radius 2 is 2.05 bits per heavy atom. The average Bonchev–Trinajstić information content (AvgIpc) is 2.36. The molecule has 104 valence electrons. The summed E-state index contributed by atoms with van der Waals surface area (Å²) in [5.41, 5.74) is -1.26. The number of methoxy groups -OCH3 is 1. The van der Waals surface area contributed by atoms with Crippen LogP contribution in [0.5, 0.6) is 5.75 Å². The predicted molar refractivity (Wildman–Crippen MR) is 69.8 cm³/mol. The molecule has 1 aromatic carbocycles. The fourth-order valence-corrected chi connectivity index (χ4v) is 1.50. The number of hydrogen-bond donors (Lipinski definition) is 1. The summed E-state index contributed by atoms with van der Waals surface area (Å²) in [5, 5.41) is 20.2. The molecule has 0 atom stereocenters. The lowest BCUT2D eigenvalue weighted by Crippen LogP contribution is -2.48. The number of carbonyl (C=O) groups is 1. The normalized spacial score (nSPS) is 10.9. The number of nitro benzene ring substituents is 1. The Hall–Kier alpha value is -2.31. The number of aliphatic carboxylic acids is 1. The fourth-order valence-electron chi connectivity index (χ4n) is 1.50. The van der Waals surface area contributed by atoms with Crippen molar-refractivity contribution in [1.29, 1.82) is 0 Å². The van der Waals surface area contributed by atoms with Crippen molar-refractivity contribution in [2.24, 2.45) is 0 Å². The van der Waals surface area contributed by atoms with E-state index in [-0.39, 0.29) is 11.4 Å². The first-order valence-electron chi connectivity index (χ1n) is 5.51. The molecule has 1 aromatic rings. The van der Waals surface area contributed by atoms with Gasteiger partial charge in [-0.25, -0.2) is 4.79 Å². The second-order valence-corrected chi connectivity index (χ2v) is 4.53. The van der Waals surface area contributed by atoms with E-state index in [1.54, 1.807) is 0 Å². The Labute approximate surface area is 110 Å². The van der Waals surface area contributed by atoms with Crippen molar-refractivity contribution in [1.82, 2.24) is 0 Å². The van der Waals surface area contributed by atoms with Gasteiger partial charge in [-0.05, 0) is 19.9 Å². The Morgan fingerprint density at radius 1 is 1.47 bits per heavy atom. The molecule has 0 bridgehead atoms. The Kier molecular flexibility index (Phi) is 3.98. The fraction of sp³-hybridized carbons (Fsp3) is 0.417. The molecule has 0 aliphatic carbocycles. The van der Waals surface area contributed by atoms with Gasteiger partial charge in [0.25, 0.3) is 5.69 Å². The molecular weight excluding hydrogens is 252 g/mol. The van der Waals surface area contributed by atoms with E-state index in [1.165, 1.54) is 51.1 Å². The minimum absolute atomic E-state index is 0.169. The van der Waals surface area contributed by atoms with Crippen LogP contribution in [-0.2, 0) is 4.79 Å². The van der Waals surface area contributed by atoms with Crippen LogP contribution in [0.1, 0.15) is 13.8 Å². The third-order valence-electron chi connectivity index (χ3n) is 3.10. The number of hydrogen-bond acceptors (Lipinski definition) is 5. The largest absolute Gasteiger partial charge is 0.497 e. The molecule has 0 aliphatic heterocycles. The summed E-state index contributed by atoms with van der Waals surface area (Å²) in [5.74, 6) is -0.652. The maximum absolute atomic E-state index is 11.2. The van der Waals surface area contributed by atoms with Crippen LogP contribution in [0.2, 0.25) is 0 Å². The second kappa shape index (κ2) is 5.13. The number of ether oxygens (including phenoxy) is 1. The van der Waals surface area contributed by atoms with Crippen LogP contribution in [-0.4, -0.2) is 35.7 Å². The van der Waals surface area contributed by atoms with Gasteiger partial charge in [0.05, 0.1) is 12.0 Å². The quantitative estimate of drug-likeness (QED) is 0.647. The molecule has 0 aliphatic rings. The summed E-state index contributed by atoms with van der Waals surface area (Å²) >= 11 is 0. The standard InChI is InChI=1S/C12H16N2O5/c1-12(2,11(15)16)13(3)10-7-8(19-4)5-6-9(10)14(17)18/h5-7H,1-4H3,(H,15,16). The number of nitrogens with zero attached hydrogens (tertiary/aromatic N) is 2. The van der Waals surface area contributed by atoms with Gasteiger partial charge >= 0.3 is 5.97 Å². The lowest BCUT2D eigenvalue weighted by Gasteiger charge is -2.33. The lowest BCUT2D eigenvalue weighted by molar-refractivity contribution is -0.384. The van der Waals surface area contributed by atoms with Gasteiger partial charge in [-0.3, -0.25) is 10.1 Å². The summed E-state index contributed by atoms with van der Waals surface area (Å²) < 4.78 is 5.02. The average molecular weight is 268 g/mol. The zero-order valence-electron chi connectivity index (χ0n) is 11.2. The molecule has 1 N–H and O–H groups in total. The summed E-state index contributed by atoms with van der Waals surface area (Å²) in [6.07, 6.45) is 0. The highest BCUT2D eigenvalue weighted by molar-refractivity contribution is 5.84. The molecule has 19 heavy (non-hydrogen) atoms. The van der Waals surface area contributed by atoms with Crippen molar-refractivity contribution in [2.45, 2.75) is 19.4 Å². The highest BCUT2D eigenvalue weighted by Crippen LogP contribution is 2.34. The van der Waals surface area contributed by atoms with Crippen molar-refractivity contribution in [3.8, 4) is 5.75 Å². The molecule has 0 heterocycles. The number of nitro groups is 1. The zero-order valence-corrected chi connectivity index (χ0v) is 11.2. The molecule has 0 unspecified atom stereocenters. The van der Waals surface area contributed by atoms with Gasteiger partial charge in [0, 0.05) is 19.2 Å². The van der Waals surface area contributed by atoms with Crippen LogP contribution < -0.4 is 9.64 Å². The van der Waals surface area contributed by atoms with Crippen molar-refractivity contribution in [2.75, 3.05) is 19.1 Å². The molecular formula is C12H16N2O5. The monoisotopic (exact) mass is 268 g/mol. The Balaban J connectivity index is 3.38. The minimum Gasteiger partial charge on any atom is -0.497 e. The van der Waals surface area contributed by atoms with Crippen LogP contribution in [0.3, 0.4) is 0 Å². The number of carboxylic acids is 1. The van der Waals surface area contributed by atoms with Crippen molar-refractivity contribution < 1.29 is 19.6 Å². The third kappa shape index (κ3) is 2.75. The van der Waals surface area contributed by atoms with Gasteiger partial charge in [-0.1, -0.05) is 0 Å². The Morgan fingerprint density at radius 3 is 2.47 bits per heavy atom. The molecule has 0 fully saturated rings. The van der Waals surface area contributed by atoms with E-state index in [2.05, 4.69) is 0 Å². The molecule has 0 radical (unpaired) electrons. The molecule has 0 saturated carbocycles. The summed E-state index contributed by atoms with van der Waals surface area (Å²) in [6.45, 7) is 2.94. The molecule has 0 saturated heterocycles. The molecule has 0 amide bonds. The van der Waals surface area contributed by atoms with E-state index in [9.17, 15) is 20.0 Å². The van der Waals surface area contributed by atoms with E-state index in [0.717, 1.165) is 0 Å². The second-order valence-electron chi connectivity index (χ2n) is 4.53. The van der Waals surface area contributed by atoms with E-state index in [4.69, 9.17) is 4.74 Å². The van der Waals surface area contributed by atoms with Crippen LogP contribution in [0.15, 0.2) is 18.2 Å². The van der Waals surface area contributed by atoms with E-state index < -0.39 is 16.4 Å². The highest BCUT2D eigenvalue weighted by atomic mass is 16.6. The zero-order chi connectivity index (χ0) is 14.8. The topological polar surface area (TPSA) is 92.9 Å². The van der Waals surface area contributed by atoms with Crippen molar-refractivity contribution >= 4 is 17.3 Å². The van der Waals surface area contributed by atoms with Crippen LogP contribution in [0.4, 0.5) is 11.4 Å². The van der Waals surface area contributed by atoms with Crippen LogP contribution in [0, 0.1) is 10.1 Å². The number of rotatable bonds is 5. The van der Waals surface area contributed by atoms with Gasteiger partial charge in [0.15, 0.2) is 0 Å². The lowest BCUT2D eigenvalue weighted by atomic mass is 10.0. The summed E-state index contributed by atoms with van der Waals surface area (Å²) in [6, 6.07) is 4.20. The number of carboxylic acid groups (broad SMARTS) is 1. The SMILES string of the molecule is COc1ccc([N+](=O)[O-])c(N(C)C(C)(C)C(=O)O)c1. The van der Waals surface area contributed by atoms with Gasteiger partial charge in [-0.15, -0.1) is 0 Å². The summed E-state index contributed by atoms with van der Waals surface area (Å²) in [7, 11) is 2.93. The van der Waals surface area contributed by atoms with E-state index >= 15 is 0 Å². The molecule has 1 rings (SSSR count). The van der Waals surface area contributed by atoms with Crippen molar-refractivity contribution in [3.05, 3.63) is 28.3 Å². The maximum atomic E-state index is 11.2. The Bertz CT molecular complexity index is 513. The first-order chi connectivity index (χ1) is 8.71. The predicted octanol–water partition coefficient (Wildman–Crippen LogP) is 1.90. The first kappa shape index (κ1) is 14.7. The maximum Gasteiger partial charge on any atom is 0.328 e. The number of likely N-dealkylation sites (N-methyl/N-ethyl adjacent to an activating group) is 1. The number of anilines is 1. The smallest absolute Gasteiger partial charge is 0.328 e. The summed E-state index contributed by atoms with van der Waals surface area (Å²) in [4.78, 5) is 23.0. The third-order valence-corrected chi connectivity index (χ3v) is 3.10. The minimum atomic E-state index is -1.28. The van der Waals surface area contributed by atoms with Crippen LogP contribution >= 0.6 is 0 Å². The highest BCUT2D eigenvalue weighted by Gasteiger charge is 2.35. The van der Waals surface area contributed by atoms with Gasteiger partial charge in [0.1, 0.15) is 17.0 Å². The van der Waals surface area contributed by atoms with Crippen molar-refractivity contribution in [3.63, 3.8) is 0 Å². The molecule has 7 nitrogen and oxygen atoms in total. The van der Waals surface area contributed by atoms with E-state index in [0.29, 0.717) is 5.75 Å².